The summed E-state index contributed by atoms with van der Waals surface area (Å²) in [6.07, 6.45) is 5.14. The number of amides is 3. The molecule has 0 saturated carbocycles. The third kappa shape index (κ3) is 5.20. The van der Waals surface area contributed by atoms with Crippen molar-refractivity contribution in [3.8, 4) is 5.69 Å². The van der Waals surface area contributed by atoms with Gasteiger partial charge < -0.3 is 5.73 Å². The minimum absolute atomic E-state index is 0.185. The Labute approximate surface area is 226 Å². The van der Waals surface area contributed by atoms with Crippen molar-refractivity contribution >= 4 is 28.6 Å². The van der Waals surface area contributed by atoms with Gasteiger partial charge >= 0.3 is 0 Å². The molecular weight excluding hydrogens is 490 g/mol. The Bertz CT molecular complexity index is 1560. The van der Waals surface area contributed by atoms with Crippen molar-refractivity contribution < 1.29 is 14.4 Å². The number of piperidine rings is 2. The van der Waals surface area contributed by atoms with Crippen molar-refractivity contribution in [1.82, 2.24) is 20.0 Å². The Hall–Kier alpha value is -4.30. The fourth-order valence-corrected chi connectivity index (χ4v) is 5.93. The highest BCUT2D eigenvalue weighted by Gasteiger charge is 2.28. The molecule has 4 aromatic rings. The predicted molar refractivity (Wildman–Crippen MR) is 148 cm³/mol. The third-order valence-corrected chi connectivity index (χ3v) is 7.94. The summed E-state index contributed by atoms with van der Waals surface area (Å²) in [7, 11) is 0. The molecule has 2 aliphatic rings. The molecule has 2 fully saturated rings. The van der Waals surface area contributed by atoms with E-state index >= 15 is 0 Å². The smallest absolute Gasteiger partial charge is 0.250 e. The second kappa shape index (κ2) is 10.5. The number of imide groups is 1. The molecule has 3 amide bonds. The van der Waals surface area contributed by atoms with E-state index in [0.29, 0.717) is 29.8 Å². The average molecular weight is 522 g/mol. The van der Waals surface area contributed by atoms with E-state index in [1.807, 2.05) is 30.5 Å². The molecule has 2 saturated heterocycles. The fraction of sp³-hybridized carbons (Fsp3) is 0.290. The summed E-state index contributed by atoms with van der Waals surface area (Å²) >= 11 is 0. The van der Waals surface area contributed by atoms with Gasteiger partial charge in [-0.25, -0.2) is 4.68 Å². The number of carbonyl (C=O) groups is 3. The maximum absolute atomic E-state index is 12.3. The van der Waals surface area contributed by atoms with Crippen LogP contribution in [-0.2, 0) is 16.1 Å². The number of nitrogens with one attached hydrogen (secondary N) is 1. The second-order valence-electron chi connectivity index (χ2n) is 10.6. The number of likely N-dealkylation sites (tertiary alicyclic amines) is 1. The maximum atomic E-state index is 12.3. The molecule has 39 heavy (non-hydrogen) atoms. The van der Waals surface area contributed by atoms with Crippen LogP contribution >= 0.6 is 0 Å². The maximum Gasteiger partial charge on any atom is 0.250 e. The summed E-state index contributed by atoms with van der Waals surface area (Å²) in [5.74, 6) is -0.684. The molecule has 3 heterocycles. The van der Waals surface area contributed by atoms with Crippen molar-refractivity contribution in [2.24, 2.45) is 5.73 Å². The number of hydrogen-bond donors (Lipinski definition) is 2. The van der Waals surface area contributed by atoms with E-state index in [4.69, 9.17) is 5.73 Å². The van der Waals surface area contributed by atoms with E-state index in [9.17, 15) is 14.4 Å². The van der Waals surface area contributed by atoms with E-state index in [1.165, 1.54) is 11.1 Å². The van der Waals surface area contributed by atoms with Crippen molar-refractivity contribution in [2.45, 2.75) is 44.1 Å². The lowest BCUT2D eigenvalue weighted by Gasteiger charge is -2.33. The van der Waals surface area contributed by atoms with E-state index in [2.05, 4.69) is 51.7 Å². The largest absolute Gasteiger partial charge is 0.366 e. The van der Waals surface area contributed by atoms with Gasteiger partial charge in [0.05, 0.1) is 17.2 Å². The minimum atomic E-state index is -0.481. The summed E-state index contributed by atoms with van der Waals surface area (Å²) in [6.45, 7) is 2.84. The minimum Gasteiger partial charge on any atom is -0.366 e. The van der Waals surface area contributed by atoms with Crippen LogP contribution in [0.15, 0.2) is 72.9 Å². The Morgan fingerprint density at radius 2 is 1.82 bits per heavy atom. The quantitative estimate of drug-likeness (QED) is 0.373. The molecule has 0 bridgehead atoms. The summed E-state index contributed by atoms with van der Waals surface area (Å²) < 4.78 is 1.80. The monoisotopic (exact) mass is 521 g/mol. The zero-order valence-corrected chi connectivity index (χ0v) is 21.7. The molecule has 198 valence electrons. The number of carbonyl (C=O) groups excluding carboxylic acids is 3. The standard InChI is InChI=1S/C31H31N5O3/c32-30(38)27-8-2-6-24-19-36(34-29(24)27)25-11-9-21(10-12-25)23-7-3-15-35(18-23)17-20-4-1-5-22(16-20)26-13-14-28(37)33-31(26)39/h1-2,4-6,8-12,16,19,23,26H,3,7,13-15,17-18H2,(H2,32,38)(H,33,37,39)/t23-,26?/m1/s1. The fourth-order valence-electron chi connectivity index (χ4n) is 5.93. The van der Waals surface area contributed by atoms with E-state index in [1.54, 1.807) is 10.7 Å². The molecule has 0 spiro atoms. The Kier molecular flexibility index (Phi) is 6.70. The van der Waals surface area contributed by atoms with Crippen LogP contribution in [0.5, 0.6) is 0 Å². The number of aromatic nitrogens is 2. The topological polar surface area (TPSA) is 110 Å². The average Bonchev–Trinajstić information content (AvgIpc) is 3.38. The summed E-state index contributed by atoms with van der Waals surface area (Å²) in [5, 5.41) is 7.96. The number of nitrogens with two attached hydrogens (primary N) is 1. The van der Waals surface area contributed by atoms with Gasteiger partial charge in [0.2, 0.25) is 11.8 Å². The van der Waals surface area contributed by atoms with E-state index in [-0.39, 0.29) is 17.7 Å². The lowest BCUT2D eigenvalue weighted by molar-refractivity contribution is -0.134. The molecule has 3 aromatic carbocycles. The number of nitrogens with zero attached hydrogens (tertiary/aromatic N) is 3. The molecule has 8 heteroatoms. The van der Waals surface area contributed by atoms with Crippen molar-refractivity contribution in [2.75, 3.05) is 13.1 Å². The molecular formula is C31H31N5O3. The van der Waals surface area contributed by atoms with Crippen LogP contribution in [0.1, 0.15) is 64.6 Å². The number of benzene rings is 3. The van der Waals surface area contributed by atoms with Crippen LogP contribution < -0.4 is 11.1 Å². The third-order valence-electron chi connectivity index (χ3n) is 7.94. The molecule has 2 aliphatic heterocycles. The Balaban J connectivity index is 1.14. The first kappa shape index (κ1) is 25.0. The highest BCUT2D eigenvalue weighted by atomic mass is 16.2. The molecule has 0 radical (unpaired) electrons. The zero-order chi connectivity index (χ0) is 26.9. The molecule has 0 aliphatic carbocycles. The van der Waals surface area contributed by atoms with Crippen LogP contribution in [0, 0.1) is 0 Å². The number of primary amides is 1. The van der Waals surface area contributed by atoms with Gasteiger partial charge in [0.1, 0.15) is 5.52 Å². The molecule has 8 nitrogen and oxygen atoms in total. The molecule has 1 aromatic heterocycles. The summed E-state index contributed by atoms with van der Waals surface area (Å²) in [4.78, 5) is 38.1. The lowest BCUT2D eigenvalue weighted by Crippen LogP contribution is -2.39. The van der Waals surface area contributed by atoms with E-state index < -0.39 is 5.91 Å². The molecule has 1 unspecified atom stereocenters. The van der Waals surface area contributed by atoms with Gasteiger partial charge in [-0.15, -0.1) is 0 Å². The first-order chi connectivity index (χ1) is 18.9. The number of rotatable bonds is 6. The molecule has 2 atom stereocenters. The van der Waals surface area contributed by atoms with Crippen LogP contribution in [0.2, 0.25) is 0 Å². The van der Waals surface area contributed by atoms with Crippen molar-refractivity contribution in [3.63, 3.8) is 0 Å². The first-order valence-electron chi connectivity index (χ1n) is 13.5. The highest BCUT2D eigenvalue weighted by Crippen LogP contribution is 2.30. The number of hydrogen-bond acceptors (Lipinski definition) is 5. The molecule has 6 rings (SSSR count). The van der Waals surface area contributed by atoms with Gasteiger partial charge in [-0.05, 0) is 66.6 Å². The van der Waals surface area contributed by atoms with Gasteiger partial charge in [-0.3, -0.25) is 24.6 Å². The van der Waals surface area contributed by atoms with Gasteiger partial charge in [-0.2, -0.15) is 5.10 Å². The van der Waals surface area contributed by atoms with Crippen LogP contribution in [0.4, 0.5) is 0 Å². The van der Waals surface area contributed by atoms with Crippen molar-refractivity contribution in [1.29, 1.82) is 0 Å². The highest BCUT2D eigenvalue weighted by molar-refractivity contribution is 6.04. The van der Waals surface area contributed by atoms with Crippen LogP contribution in [0.3, 0.4) is 0 Å². The zero-order valence-electron chi connectivity index (χ0n) is 21.7. The van der Waals surface area contributed by atoms with Gasteiger partial charge in [-0.1, -0.05) is 48.5 Å². The van der Waals surface area contributed by atoms with Gasteiger partial charge in [0, 0.05) is 31.1 Å². The summed E-state index contributed by atoms with van der Waals surface area (Å²) in [6, 6.07) is 22.2. The van der Waals surface area contributed by atoms with Gasteiger partial charge in [0.15, 0.2) is 0 Å². The SMILES string of the molecule is NC(=O)c1cccc2cn(-c3ccc([C@@H]4CCCN(Cc5cccc(C6CCC(=O)NC6=O)c5)C4)cc3)nc12. The Morgan fingerprint density at radius 3 is 2.62 bits per heavy atom. The normalized spacial score (nSPS) is 20.2. The van der Waals surface area contributed by atoms with Crippen molar-refractivity contribution in [3.05, 3.63) is 95.2 Å². The summed E-state index contributed by atoms with van der Waals surface area (Å²) in [5.41, 5.74) is 11.0. The lowest BCUT2D eigenvalue weighted by atomic mass is 9.89. The van der Waals surface area contributed by atoms with Crippen LogP contribution in [0.25, 0.3) is 16.6 Å². The number of fused-ring (bicyclic) bond motifs is 1. The van der Waals surface area contributed by atoms with E-state index in [0.717, 1.165) is 49.1 Å². The second-order valence-corrected chi connectivity index (χ2v) is 10.6. The van der Waals surface area contributed by atoms with Gasteiger partial charge in [0.25, 0.3) is 5.91 Å². The van der Waals surface area contributed by atoms with Crippen LogP contribution in [-0.4, -0.2) is 45.5 Å². The predicted octanol–water partition coefficient (Wildman–Crippen LogP) is 4.02. The Morgan fingerprint density at radius 1 is 1.00 bits per heavy atom. The first-order valence-corrected chi connectivity index (χ1v) is 13.5. The molecule has 3 N–H and O–H groups in total.